The second-order valence-electron chi connectivity index (χ2n) is 13.5. The van der Waals surface area contributed by atoms with E-state index in [2.05, 4.69) is 22.3 Å². The number of hydrogen-bond donors (Lipinski definition) is 3. The van der Waals surface area contributed by atoms with E-state index in [9.17, 15) is 19.5 Å². The van der Waals surface area contributed by atoms with Crippen LogP contribution in [0.1, 0.15) is 31.7 Å². The van der Waals surface area contributed by atoms with Crippen LogP contribution in [0.15, 0.2) is 78.9 Å². The van der Waals surface area contributed by atoms with Crippen molar-refractivity contribution in [3.63, 3.8) is 0 Å². The molecule has 0 radical (unpaired) electrons. The molecule has 0 aromatic heterocycles. The second-order valence-corrected chi connectivity index (χ2v) is 17.4. The molecule has 4 aliphatic heterocycles. The van der Waals surface area contributed by atoms with Crippen molar-refractivity contribution >= 4 is 42.9 Å². The van der Waals surface area contributed by atoms with Crippen LogP contribution in [0.5, 0.6) is 0 Å². The second kappa shape index (κ2) is 11.1. The number of fused-ring (bicyclic) bond motifs is 2. The fourth-order valence-corrected chi connectivity index (χ4v) is 11.2. The van der Waals surface area contributed by atoms with Crippen molar-refractivity contribution in [1.29, 1.82) is 0 Å². The molecule has 4 atom stereocenters. The molecule has 3 fully saturated rings. The topological polar surface area (TPSA) is 106 Å². The highest BCUT2D eigenvalue weighted by Crippen LogP contribution is 2.61. The molecular formula is C35H42N4O5Si. The van der Waals surface area contributed by atoms with Gasteiger partial charge in [0.2, 0.25) is 0 Å². The first kappa shape index (κ1) is 30.1. The lowest BCUT2D eigenvalue weighted by atomic mass is 9.82. The Morgan fingerprint density at radius 2 is 1.56 bits per heavy atom. The highest BCUT2D eigenvalue weighted by atomic mass is 28.4. The van der Waals surface area contributed by atoms with E-state index in [1.165, 1.54) is 0 Å². The molecule has 3 aromatic rings. The number of ether oxygens (including phenoxy) is 1. The van der Waals surface area contributed by atoms with Crippen molar-refractivity contribution in [2.75, 3.05) is 41.1 Å². The molecule has 0 unspecified atom stereocenters. The maximum Gasteiger partial charge on any atom is 0.268 e. The maximum absolute atomic E-state index is 14.8. The highest BCUT2D eigenvalue weighted by molar-refractivity contribution is 6.71. The number of rotatable bonds is 6. The summed E-state index contributed by atoms with van der Waals surface area (Å²) in [7, 11) is -2.84. The predicted molar refractivity (Wildman–Crippen MR) is 177 cm³/mol. The fraction of sp³-hybridized carbons (Fsp3) is 0.429. The Bertz CT molecular complexity index is 1590. The molecule has 9 nitrogen and oxygen atoms in total. The molecule has 3 saturated heterocycles. The molecule has 3 aromatic carbocycles. The van der Waals surface area contributed by atoms with Gasteiger partial charge in [0.15, 0.2) is 13.9 Å². The van der Waals surface area contributed by atoms with Gasteiger partial charge in [0, 0.05) is 40.7 Å². The van der Waals surface area contributed by atoms with Gasteiger partial charge in [-0.25, -0.2) is 0 Å². The van der Waals surface area contributed by atoms with Gasteiger partial charge in [-0.1, -0.05) is 43.3 Å². The average molecular weight is 627 g/mol. The third kappa shape index (κ3) is 4.49. The van der Waals surface area contributed by atoms with Gasteiger partial charge in [-0.15, -0.1) is 0 Å². The molecule has 2 amide bonds. The number of benzene rings is 3. The maximum atomic E-state index is 14.8. The standard InChI is InChI=1S/C35H42N4O5Si/c1-24-31(45(2,3)43)30(16-21-40)44-35(24)28-22-27(14-15-29(28)39(33(35)42)26-12-8-5-9-13-26)37-23-38(25-10-6-4-7-11-25)34(32(37)41)17-19-36-20-18-34/h4-15,22,24,30-31,36,40,43H,16-21,23H2,1-3H3/t24-,30+,31-,35+/m0/s1. The van der Waals surface area contributed by atoms with Crippen molar-refractivity contribution in [3.8, 4) is 0 Å². The van der Waals surface area contributed by atoms with E-state index in [1.807, 2.05) is 91.6 Å². The van der Waals surface area contributed by atoms with Gasteiger partial charge >= 0.3 is 0 Å². The number of nitrogens with zero attached hydrogens (tertiary/aromatic N) is 3. The third-order valence-corrected chi connectivity index (χ3v) is 13.1. The summed E-state index contributed by atoms with van der Waals surface area (Å²) in [4.78, 5) is 46.6. The smallest absolute Gasteiger partial charge is 0.268 e. The summed E-state index contributed by atoms with van der Waals surface area (Å²) in [6, 6.07) is 25.5. The van der Waals surface area contributed by atoms with E-state index in [-0.39, 0.29) is 29.9 Å². The molecule has 4 heterocycles. The van der Waals surface area contributed by atoms with E-state index in [4.69, 9.17) is 4.74 Å². The number of para-hydroxylation sites is 2. The first-order chi connectivity index (χ1) is 21.6. The zero-order valence-corrected chi connectivity index (χ0v) is 27.1. The van der Waals surface area contributed by atoms with Crippen LogP contribution in [0.3, 0.4) is 0 Å². The summed E-state index contributed by atoms with van der Waals surface area (Å²) >= 11 is 0. The van der Waals surface area contributed by atoms with Crippen molar-refractivity contribution < 1.29 is 24.2 Å². The molecule has 0 saturated carbocycles. The number of nitrogens with one attached hydrogen (secondary N) is 1. The summed E-state index contributed by atoms with van der Waals surface area (Å²) < 4.78 is 6.84. The SMILES string of the molecule is C[C@H]1[C@H]([Si](C)(C)O)[C@@H](CCO)O[C@]12C(=O)N(c1ccccc1)c1ccc(N3CN(c4ccccc4)C4(CCNCC4)C3=O)cc12. The van der Waals surface area contributed by atoms with Gasteiger partial charge in [0.05, 0.1) is 18.5 Å². The van der Waals surface area contributed by atoms with Crippen molar-refractivity contribution in [2.45, 2.75) is 62.1 Å². The summed E-state index contributed by atoms with van der Waals surface area (Å²) in [5.41, 5.74) is 1.57. The van der Waals surface area contributed by atoms with Gasteiger partial charge in [0.1, 0.15) is 5.54 Å². The molecule has 0 aliphatic carbocycles. The van der Waals surface area contributed by atoms with Crippen LogP contribution >= 0.6 is 0 Å². The van der Waals surface area contributed by atoms with Crippen LogP contribution in [-0.2, 0) is 19.9 Å². The molecule has 10 heteroatoms. The molecule has 236 valence electrons. The normalized spacial score (nSPS) is 27.7. The molecule has 0 bridgehead atoms. The minimum Gasteiger partial charge on any atom is -0.432 e. The zero-order chi connectivity index (χ0) is 31.6. The van der Waals surface area contributed by atoms with Crippen LogP contribution in [-0.4, -0.2) is 68.0 Å². The quantitative estimate of drug-likeness (QED) is 0.347. The van der Waals surface area contributed by atoms with E-state index < -0.39 is 25.6 Å². The minimum atomic E-state index is -2.84. The van der Waals surface area contributed by atoms with Crippen molar-refractivity contribution in [3.05, 3.63) is 84.4 Å². The third-order valence-electron chi connectivity index (χ3n) is 10.6. The first-order valence-electron chi connectivity index (χ1n) is 16.0. The lowest BCUT2D eigenvalue weighted by Gasteiger charge is -2.39. The van der Waals surface area contributed by atoms with Crippen LogP contribution in [0.4, 0.5) is 22.7 Å². The Hall–Kier alpha value is -3.54. The van der Waals surface area contributed by atoms with E-state index >= 15 is 0 Å². The number of carbonyl (C=O) groups is 2. The Kier molecular flexibility index (Phi) is 7.41. The number of carbonyl (C=O) groups excluding carboxylic acids is 2. The van der Waals surface area contributed by atoms with Crippen LogP contribution in [0, 0.1) is 5.92 Å². The lowest BCUT2D eigenvalue weighted by Crippen LogP contribution is -2.55. The van der Waals surface area contributed by atoms with Crippen LogP contribution in [0.2, 0.25) is 18.6 Å². The summed E-state index contributed by atoms with van der Waals surface area (Å²) in [5.74, 6) is -0.501. The Labute approximate surface area is 265 Å². The molecular weight excluding hydrogens is 584 g/mol. The molecule has 45 heavy (non-hydrogen) atoms. The number of hydrogen-bond acceptors (Lipinski definition) is 7. The van der Waals surface area contributed by atoms with Gasteiger partial charge in [0.25, 0.3) is 11.8 Å². The molecule has 4 aliphatic rings. The fourth-order valence-electron chi connectivity index (χ4n) is 8.56. The predicted octanol–water partition coefficient (Wildman–Crippen LogP) is 4.48. The average Bonchev–Trinajstić information content (AvgIpc) is 3.59. The van der Waals surface area contributed by atoms with Gasteiger partial charge < -0.3 is 24.9 Å². The van der Waals surface area contributed by atoms with E-state index in [0.29, 0.717) is 37.2 Å². The van der Waals surface area contributed by atoms with Crippen LogP contribution in [0.25, 0.3) is 0 Å². The summed E-state index contributed by atoms with van der Waals surface area (Å²) in [5, 5.41) is 13.4. The largest absolute Gasteiger partial charge is 0.432 e. The molecule has 2 spiro atoms. The van der Waals surface area contributed by atoms with E-state index in [1.54, 1.807) is 4.90 Å². The number of aliphatic hydroxyl groups excluding tert-OH is 1. The molecule has 7 rings (SSSR count). The number of aliphatic hydroxyl groups is 1. The van der Waals surface area contributed by atoms with Gasteiger partial charge in [-0.2, -0.15) is 0 Å². The summed E-state index contributed by atoms with van der Waals surface area (Å²) in [6.07, 6.45) is 1.25. The minimum absolute atomic E-state index is 0.0615. The van der Waals surface area contributed by atoms with Gasteiger partial charge in [-0.3, -0.25) is 19.4 Å². The number of amides is 2. The van der Waals surface area contributed by atoms with E-state index in [0.717, 1.165) is 30.2 Å². The van der Waals surface area contributed by atoms with Gasteiger partial charge in [-0.05, 0) is 87.9 Å². The van der Waals surface area contributed by atoms with Crippen molar-refractivity contribution in [1.82, 2.24) is 5.32 Å². The Balaban J connectivity index is 1.37. The lowest BCUT2D eigenvalue weighted by molar-refractivity contribution is -0.145. The van der Waals surface area contributed by atoms with Crippen LogP contribution < -0.4 is 20.0 Å². The highest BCUT2D eigenvalue weighted by Gasteiger charge is 2.66. The summed E-state index contributed by atoms with van der Waals surface area (Å²) in [6.45, 7) is 7.57. The Morgan fingerprint density at radius 3 is 2.18 bits per heavy atom. The Morgan fingerprint density at radius 1 is 0.911 bits per heavy atom. The number of anilines is 4. The first-order valence-corrected chi connectivity index (χ1v) is 19.1. The zero-order valence-electron chi connectivity index (χ0n) is 26.1. The van der Waals surface area contributed by atoms with Crippen molar-refractivity contribution in [2.24, 2.45) is 5.92 Å². The molecule has 3 N–H and O–H groups in total. The number of piperidine rings is 1. The monoisotopic (exact) mass is 626 g/mol.